The number of aldehydes is 1. The van der Waals surface area contributed by atoms with Gasteiger partial charge in [0, 0.05) is 47.6 Å². The third kappa shape index (κ3) is 8.04. The highest BCUT2D eigenvalue weighted by Crippen LogP contribution is 2.32. The number of carbonyl (C=O) groups is 3. The Labute approximate surface area is 332 Å². The molecule has 0 aliphatic rings. The summed E-state index contributed by atoms with van der Waals surface area (Å²) in [4.78, 5) is 63.8. The van der Waals surface area contributed by atoms with Gasteiger partial charge in [-0.3, -0.25) is 14.4 Å². The van der Waals surface area contributed by atoms with Gasteiger partial charge in [0.1, 0.15) is 41.4 Å². The van der Waals surface area contributed by atoms with E-state index >= 15 is 4.39 Å². The fourth-order valence-corrected chi connectivity index (χ4v) is 7.26. The Morgan fingerprint density at radius 2 is 1.33 bits per heavy atom. The number of aliphatic hydroxyl groups excluding tert-OH is 1. The molecule has 3 N–H and O–H groups in total. The van der Waals surface area contributed by atoms with Gasteiger partial charge in [-0.15, -0.1) is 0 Å². The van der Waals surface area contributed by atoms with Crippen LogP contribution in [-0.4, -0.2) is 55.9 Å². The van der Waals surface area contributed by atoms with E-state index in [-0.39, 0.29) is 97.3 Å². The molecule has 4 aromatic carbocycles. The summed E-state index contributed by atoms with van der Waals surface area (Å²) in [7, 11) is 0. The van der Waals surface area contributed by atoms with E-state index in [1.54, 1.807) is 0 Å². The molecule has 15 heteroatoms. The van der Waals surface area contributed by atoms with Crippen molar-refractivity contribution < 1.29 is 43.2 Å². The molecular weight excluding hydrogens is 785 g/mol. The first-order chi connectivity index (χ1) is 27.1. The largest absolute Gasteiger partial charge is 0.491 e. The average Bonchev–Trinajstić information content (AvgIpc) is 3.17. The summed E-state index contributed by atoms with van der Waals surface area (Å²) in [6.45, 7) is 2.92. The molecule has 0 unspecified atom stereocenters. The van der Waals surface area contributed by atoms with Gasteiger partial charge in [-0.05, 0) is 58.5 Å². The van der Waals surface area contributed by atoms with Gasteiger partial charge >= 0.3 is 11.9 Å². The third-order valence-electron chi connectivity index (χ3n) is 9.87. The first-order valence-corrected chi connectivity index (χ1v) is 18.3. The predicted octanol–water partition coefficient (Wildman–Crippen LogP) is 7.56. The van der Waals surface area contributed by atoms with Crippen molar-refractivity contribution in [1.29, 1.82) is 0 Å². The van der Waals surface area contributed by atoms with Crippen molar-refractivity contribution in [2.45, 2.75) is 39.3 Å². The Bertz CT molecular complexity index is 2730. The van der Waals surface area contributed by atoms with Gasteiger partial charge in [-0.25, -0.2) is 18.4 Å². The van der Waals surface area contributed by atoms with Crippen molar-refractivity contribution >= 4 is 63.2 Å². The van der Waals surface area contributed by atoms with Crippen LogP contribution in [0.3, 0.4) is 0 Å². The van der Waals surface area contributed by atoms with E-state index in [1.165, 1.54) is 69.8 Å². The van der Waals surface area contributed by atoms with E-state index < -0.39 is 58.2 Å². The normalized spacial score (nSPS) is 12.0. The van der Waals surface area contributed by atoms with E-state index in [0.29, 0.717) is 6.29 Å². The van der Waals surface area contributed by atoms with Crippen molar-refractivity contribution in [3.05, 3.63) is 154 Å². The smallest absolute Gasteiger partial charge is 0.341 e. The number of nitrogens with zero attached hydrogens (tertiary/aromatic N) is 2. The molecule has 0 bridgehead atoms. The highest BCUT2D eigenvalue weighted by Gasteiger charge is 2.24. The van der Waals surface area contributed by atoms with Crippen LogP contribution < -0.4 is 15.6 Å². The lowest BCUT2D eigenvalue weighted by molar-refractivity contribution is 0.0683. The molecule has 2 heterocycles. The molecule has 0 aliphatic carbocycles. The van der Waals surface area contributed by atoms with Crippen LogP contribution in [-0.2, 0) is 19.4 Å². The van der Waals surface area contributed by atoms with Gasteiger partial charge in [0.05, 0.1) is 40.3 Å². The molecule has 2 aromatic heterocycles. The number of halogens is 4. The fourth-order valence-electron chi connectivity index (χ4n) is 6.87. The Balaban J connectivity index is 1.47. The summed E-state index contributed by atoms with van der Waals surface area (Å²) < 4.78 is 39.2. The molecule has 0 saturated carbocycles. The van der Waals surface area contributed by atoms with Crippen molar-refractivity contribution in [1.82, 2.24) is 9.13 Å². The molecule has 0 amide bonds. The van der Waals surface area contributed by atoms with Crippen molar-refractivity contribution in [2.75, 3.05) is 13.2 Å². The Morgan fingerprint density at radius 1 is 0.789 bits per heavy atom. The number of fused-ring (bicyclic) bond motifs is 2. The van der Waals surface area contributed by atoms with Crippen LogP contribution >= 0.6 is 23.2 Å². The molecule has 0 saturated heterocycles. The van der Waals surface area contributed by atoms with E-state index in [1.807, 2.05) is 13.8 Å². The Morgan fingerprint density at radius 3 is 1.88 bits per heavy atom. The van der Waals surface area contributed by atoms with E-state index in [4.69, 9.17) is 27.9 Å². The molecule has 294 valence electrons. The minimum absolute atomic E-state index is 0.0221. The minimum Gasteiger partial charge on any atom is -0.491 e. The van der Waals surface area contributed by atoms with Crippen molar-refractivity contribution in [2.24, 2.45) is 5.92 Å². The second-order valence-electron chi connectivity index (χ2n) is 13.7. The summed E-state index contributed by atoms with van der Waals surface area (Å²) in [5.74, 6) is -4.49. The third-order valence-corrected chi connectivity index (χ3v) is 10.5. The molecule has 0 aliphatic heterocycles. The maximum absolute atomic E-state index is 15.2. The lowest BCUT2D eigenvalue weighted by atomic mass is 9.97. The van der Waals surface area contributed by atoms with Gasteiger partial charge in [0.15, 0.2) is 0 Å². The molecule has 11 nitrogen and oxygen atoms in total. The van der Waals surface area contributed by atoms with E-state index in [2.05, 4.69) is 0 Å². The topological polar surface area (TPSA) is 165 Å². The summed E-state index contributed by atoms with van der Waals surface area (Å²) in [5.41, 5.74) is -1.40. The number of hydrogen-bond donors (Lipinski definition) is 3. The molecule has 0 fully saturated rings. The van der Waals surface area contributed by atoms with Gasteiger partial charge in [0.25, 0.3) is 0 Å². The van der Waals surface area contributed by atoms with Gasteiger partial charge in [0.2, 0.25) is 10.9 Å². The Kier molecular flexibility index (Phi) is 11.9. The lowest BCUT2D eigenvalue weighted by Crippen LogP contribution is -2.25. The molecule has 0 radical (unpaired) electrons. The molecule has 57 heavy (non-hydrogen) atoms. The van der Waals surface area contributed by atoms with Crippen LogP contribution in [0.4, 0.5) is 8.78 Å². The minimum atomic E-state index is -1.51. The summed E-state index contributed by atoms with van der Waals surface area (Å²) in [6.07, 6.45) is 2.54. The summed E-state index contributed by atoms with van der Waals surface area (Å²) in [6, 6.07) is 13.7. The van der Waals surface area contributed by atoms with Crippen molar-refractivity contribution in [3.8, 4) is 5.75 Å². The first-order valence-electron chi connectivity index (χ1n) is 17.6. The number of aromatic nitrogens is 2. The standard InChI is InChI=1S/C42H34Cl2F2N2O9/c1-21(2)35(20-50)48-18-30(42(55)56)40(52)28-14-25(12-23-6-4-8-32(44)38(23)46)36(16-34(28)48)57-10-9-47-17-29(41(53)54)39(51)27-13-24(26(19-49)15-33(27)47)11-22-5-3-7-31(43)37(22)45/h3-8,13-19,21,35,50H,9-12,20H2,1-2H3,(H,53,54)(H,55,56)/t35-/m1/s1. The number of pyridine rings is 2. The number of ether oxygens (including phenoxy) is 1. The Hall–Kier alpha value is -5.89. The zero-order valence-corrected chi connectivity index (χ0v) is 31.9. The van der Waals surface area contributed by atoms with Crippen LogP contribution in [0.25, 0.3) is 21.8 Å². The van der Waals surface area contributed by atoms with Gasteiger partial charge in [-0.1, -0.05) is 61.3 Å². The quantitative estimate of drug-likeness (QED) is 0.0941. The number of hydrogen-bond acceptors (Lipinski definition) is 7. The molecule has 1 atom stereocenters. The zero-order valence-electron chi connectivity index (χ0n) is 30.4. The number of benzene rings is 4. The lowest BCUT2D eigenvalue weighted by Gasteiger charge is -2.25. The number of rotatable bonds is 14. The maximum Gasteiger partial charge on any atom is 0.341 e. The number of carboxylic acids is 2. The number of carbonyl (C=O) groups excluding carboxylic acids is 1. The van der Waals surface area contributed by atoms with Gasteiger partial charge < -0.3 is 29.2 Å². The first kappa shape index (κ1) is 40.8. The second kappa shape index (κ2) is 16.7. The van der Waals surface area contributed by atoms with E-state index in [0.717, 1.165) is 12.4 Å². The molecule has 6 aromatic rings. The van der Waals surface area contributed by atoms with Crippen LogP contribution in [0, 0.1) is 17.6 Å². The maximum atomic E-state index is 15.2. The molecular formula is C42H34Cl2F2N2O9. The van der Waals surface area contributed by atoms with Crippen LogP contribution in [0.1, 0.15) is 73.2 Å². The SMILES string of the molecule is CC(C)[C@@H](CO)n1cc(C(=O)O)c(=O)c2cc(Cc3cccc(Cl)c3F)c(OCCn3cc(C(=O)O)c(=O)c4cc(Cc5cccc(Cl)c5F)c(C=O)cc43)cc21. The van der Waals surface area contributed by atoms with Gasteiger partial charge in [-0.2, -0.15) is 0 Å². The van der Waals surface area contributed by atoms with E-state index in [9.17, 15) is 43.7 Å². The van der Waals surface area contributed by atoms with Crippen LogP contribution in [0.15, 0.2) is 82.6 Å². The summed E-state index contributed by atoms with van der Waals surface area (Å²) in [5, 5.41) is 29.8. The predicted molar refractivity (Wildman–Crippen MR) is 211 cm³/mol. The van der Waals surface area contributed by atoms with Crippen molar-refractivity contribution in [3.63, 3.8) is 0 Å². The average molecular weight is 820 g/mol. The van der Waals surface area contributed by atoms with Crippen LogP contribution in [0.5, 0.6) is 5.75 Å². The summed E-state index contributed by atoms with van der Waals surface area (Å²) >= 11 is 12.0. The second-order valence-corrected chi connectivity index (χ2v) is 14.6. The molecule has 6 rings (SSSR count). The highest BCUT2D eigenvalue weighted by atomic mass is 35.5. The zero-order chi connectivity index (χ0) is 41.3. The fraction of sp³-hybridized carbons (Fsp3) is 0.214. The number of aromatic carboxylic acids is 2. The number of aliphatic hydroxyl groups is 1. The highest BCUT2D eigenvalue weighted by molar-refractivity contribution is 6.31. The monoisotopic (exact) mass is 818 g/mol. The van der Waals surface area contributed by atoms with Crippen LogP contribution in [0.2, 0.25) is 10.0 Å². The number of carboxylic acid groups (broad SMARTS) is 2. The molecule has 0 spiro atoms.